The molecule has 134 valence electrons. The van der Waals surface area contributed by atoms with E-state index >= 15 is 0 Å². The Morgan fingerprint density at radius 1 is 1.08 bits per heavy atom. The van der Waals surface area contributed by atoms with Crippen LogP contribution in [0.1, 0.15) is 12.5 Å². The Morgan fingerprint density at radius 2 is 1.81 bits per heavy atom. The van der Waals surface area contributed by atoms with Crippen molar-refractivity contribution in [3.8, 4) is 17.2 Å². The Bertz CT molecular complexity index is 972. The highest BCUT2D eigenvalue weighted by Gasteiger charge is 2.11. The summed E-state index contributed by atoms with van der Waals surface area (Å²) in [5.74, 6) is 0.566. The van der Waals surface area contributed by atoms with Gasteiger partial charge in [-0.25, -0.2) is 4.79 Å². The molecule has 0 amide bonds. The second-order valence-corrected chi connectivity index (χ2v) is 5.55. The van der Waals surface area contributed by atoms with Gasteiger partial charge in [0.25, 0.3) is 0 Å². The van der Waals surface area contributed by atoms with Gasteiger partial charge in [-0.15, -0.1) is 0 Å². The zero-order valence-corrected chi connectivity index (χ0v) is 14.5. The highest BCUT2D eigenvalue weighted by molar-refractivity contribution is 5.79. The molecule has 0 aliphatic rings. The fourth-order valence-corrected chi connectivity index (χ4v) is 2.37. The van der Waals surface area contributed by atoms with Crippen molar-refractivity contribution in [3.05, 3.63) is 64.5 Å². The molecule has 1 aromatic heterocycles. The van der Waals surface area contributed by atoms with E-state index in [0.717, 1.165) is 6.42 Å². The van der Waals surface area contributed by atoms with Gasteiger partial charge < -0.3 is 18.6 Å². The van der Waals surface area contributed by atoms with Crippen LogP contribution in [0.25, 0.3) is 11.0 Å². The average Bonchev–Trinajstić information content (AvgIpc) is 2.68. The van der Waals surface area contributed by atoms with Crippen LogP contribution in [0.4, 0.5) is 0 Å². The smallest absolute Gasteiger partial charge is 0.343 e. The van der Waals surface area contributed by atoms with Crippen molar-refractivity contribution in [1.82, 2.24) is 0 Å². The van der Waals surface area contributed by atoms with Gasteiger partial charge in [0.15, 0.2) is 6.61 Å². The molecule has 3 rings (SSSR count). The van der Waals surface area contributed by atoms with Crippen LogP contribution in [0.3, 0.4) is 0 Å². The molecule has 6 heteroatoms. The molecule has 2 aromatic carbocycles. The molecule has 0 radical (unpaired) electrons. The van der Waals surface area contributed by atoms with Gasteiger partial charge in [-0.3, -0.25) is 4.79 Å². The van der Waals surface area contributed by atoms with Crippen LogP contribution in [0.15, 0.2) is 57.9 Å². The van der Waals surface area contributed by atoms with Crippen LogP contribution in [0, 0.1) is 0 Å². The van der Waals surface area contributed by atoms with Crippen LogP contribution < -0.4 is 14.9 Å². The van der Waals surface area contributed by atoms with Crippen LogP contribution in [-0.4, -0.2) is 19.7 Å². The fourth-order valence-electron chi connectivity index (χ4n) is 2.37. The van der Waals surface area contributed by atoms with Crippen molar-refractivity contribution >= 4 is 16.9 Å². The van der Waals surface area contributed by atoms with Gasteiger partial charge in [-0.2, -0.15) is 0 Å². The maximum atomic E-state index is 12.6. The lowest BCUT2D eigenvalue weighted by atomic mass is 10.2. The van der Waals surface area contributed by atoms with E-state index in [1.54, 1.807) is 18.2 Å². The van der Waals surface area contributed by atoms with Gasteiger partial charge in [0.05, 0.1) is 12.5 Å². The standard InChI is InChI=1S/C20H18O6/c1-3-13-4-6-14(7-5-13)26-18-11-25-17-10-15(24-12-19(21)23-2)8-9-16(17)20(18)22/h4-11H,3,12H2,1-2H3. The highest BCUT2D eigenvalue weighted by Crippen LogP contribution is 2.24. The van der Waals surface area contributed by atoms with E-state index in [2.05, 4.69) is 11.7 Å². The summed E-state index contributed by atoms with van der Waals surface area (Å²) >= 11 is 0. The lowest BCUT2D eigenvalue weighted by Gasteiger charge is -2.08. The lowest BCUT2D eigenvalue weighted by molar-refractivity contribution is -0.142. The molecule has 26 heavy (non-hydrogen) atoms. The van der Waals surface area contributed by atoms with Crippen molar-refractivity contribution in [2.75, 3.05) is 13.7 Å². The first-order valence-corrected chi connectivity index (χ1v) is 8.12. The van der Waals surface area contributed by atoms with Crippen LogP contribution in [-0.2, 0) is 16.0 Å². The van der Waals surface area contributed by atoms with E-state index < -0.39 is 5.97 Å². The summed E-state index contributed by atoms with van der Waals surface area (Å²) < 4.78 is 20.9. The third-order valence-corrected chi connectivity index (χ3v) is 3.86. The monoisotopic (exact) mass is 354 g/mol. The maximum absolute atomic E-state index is 12.6. The number of esters is 1. The van der Waals surface area contributed by atoms with Crippen molar-refractivity contribution in [2.45, 2.75) is 13.3 Å². The van der Waals surface area contributed by atoms with Gasteiger partial charge in [-0.1, -0.05) is 19.1 Å². The van der Waals surface area contributed by atoms with Gasteiger partial charge in [0, 0.05) is 6.07 Å². The number of methoxy groups -OCH3 is 1. The number of carbonyl (C=O) groups excluding carboxylic acids is 1. The van der Waals surface area contributed by atoms with E-state index in [1.807, 2.05) is 24.3 Å². The predicted molar refractivity (Wildman–Crippen MR) is 95.9 cm³/mol. The molecule has 1 heterocycles. The summed E-state index contributed by atoms with van der Waals surface area (Å²) in [6.07, 6.45) is 2.20. The molecule has 0 unspecified atom stereocenters. The number of fused-ring (bicyclic) bond motifs is 1. The second kappa shape index (κ2) is 7.74. The summed E-state index contributed by atoms with van der Waals surface area (Å²) in [7, 11) is 1.28. The highest BCUT2D eigenvalue weighted by atomic mass is 16.6. The summed E-state index contributed by atoms with van der Waals surface area (Å²) in [4.78, 5) is 23.7. The Morgan fingerprint density at radius 3 is 2.50 bits per heavy atom. The average molecular weight is 354 g/mol. The van der Waals surface area contributed by atoms with Crippen molar-refractivity contribution in [1.29, 1.82) is 0 Å². The summed E-state index contributed by atoms with van der Waals surface area (Å²) in [5, 5.41) is 0.359. The Labute approximate surface area is 149 Å². The molecular formula is C20H18O6. The van der Waals surface area contributed by atoms with Crippen molar-refractivity contribution < 1.29 is 23.4 Å². The third kappa shape index (κ3) is 3.85. The number of aryl methyl sites for hydroxylation is 1. The predicted octanol–water partition coefficient (Wildman–Crippen LogP) is 3.70. The first-order chi connectivity index (χ1) is 12.6. The quantitative estimate of drug-likeness (QED) is 0.628. The molecule has 0 aliphatic carbocycles. The van der Waals surface area contributed by atoms with E-state index in [-0.39, 0.29) is 17.8 Å². The van der Waals surface area contributed by atoms with E-state index in [0.29, 0.717) is 22.5 Å². The number of ether oxygens (including phenoxy) is 3. The molecule has 0 aliphatic heterocycles. The Hall–Kier alpha value is -3.28. The van der Waals surface area contributed by atoms with Gasteiger partial charge >= 0.3 is 5.97 Å². The molecular weight excluding hydrogens is 336 g/mol. The minimum absolute atomic E-state index is 0.102. The number of carbonyl (C=O) groups is 1. The molecule has 0 atom stereocenters. The number of rotatable bonds is 6. The van der Waals surface area contributed by atoms with Crippen LogP contribution in [0.5, 0.6) is 17.2 Å². The number of hydrogen-bond acceptors (Lipinski definition) is 6. The van der Waals surface area contributed by atoms with E-state index in [1.165, 1.54) is 18.9 Å². The zero-order valence-electron chi connectivity index (χ0n) is 14.5. The van der Waals surface area contributed by atoms with E-state index in [9.17, 15) is 9.59 Å². The SMILES string of the molecule is CCc1ccc(Oc2coc3cc(OCC(=O)OC)ccc3c2=O)cc1. The summed E-state index contributed by atoms with van der Waals surface area (Å²) in [6.45, 7) is 1.85. The molecule has 0 saturated carbocycles. The van der Waals surface area contributed by atoms with Crippen molar-refractivity contribution in [3.63, 3.8) is 0 Å². The van der Waals surface area contributed by atoms with Crippen LogP contribution >= 0.6 is 0 Å². The van der Waals surface area contributed by atoms with Gasteiger partial charge in [-0.05, 0) is 36.2 Å². The number of hydrogen-bond donors (Lipinski definition) is 0. The van der Waals surface area contributed by atoms with Crippen LogP contribution in [0.2, 0.25) is 0 Å². The topological polar surface area (TPSA) is 75.0 Å². The lowest BCUT2D eigenvalue weighted by Crippen LogP contribution is -2.12. The normalized spacial score (nSPS) is 10.5. The molecule has 3 aromatic rings. The second-order valence-electron chi connectivity index (χ2n) is 5.55. The third-order valence-electron chi connectivity index (χ3n) is 3.86. The fraction of sp³-hybridized carbons (Fsp3) is 0.200. The van der Waals surface area contributed by atoms with E-state index in [4.69, 9.17) is 13.9 Å². The molecule has 0 bridgehead atoms. The zero-order chi connectivity index (χ0) is 18.5. The first kappa shape index (κ1) is 17.5. The van der Waals surface area contributed by atoms with Crippen molar-refractivity contribution in [2.24, 2.45) is 0 Å². The van der Waals surface area contributed by atoms with Gasteiger partial charge in [0.1, 0.15) is 23.3 Å². The molecule has 0 N–H and O–H groups in total. The summed E-state index contributed by atoms with van der Waals surface area (Å²) in [5.41, 5.74) is 1.23. The largest absolute Gasteiger partial charge is 0.482 e. The minimum atomic E-state index is -0.496. The maximum Gasteiger partial charge on any atom is 0.343 e. The van der Waals surface area contributed by atoms with Gasteiger partial charge in [0.2, 0.25) is 11.2 Å². The molecule has 0 saturated heterocycles. The Balaban J connectivity index is 1.83. The molecule has 0 spiro atoms. The summed E-state index contributed by atoms with van der Waals surface area (Å²) in [6, 6.07) is 12.2. The first-order valence-electron chi connectivity index (χ1n) is 8.12. The molecule has 6 nitrogen and oxygen atoms in total. The molecule has 0 fully saturated rings. The minimum Gasteiger partial charge on any atom is -0.482 e. The Kier molecular flexibility index (Phi) is 5.22. The number of benzene rings is 2.